The molecule has 2 aromatic rings. The Morgan fingerprint density at radius 3 is 2.71 bits per heavy atom. The zero-order chi connectivity index (χ0) is 17.4. The van der Waals surface area contributed by atoms with Crippen LogP contribution in [0.5, 0.6) is 5.75 Å². The molecular formula is C17H21ClN4OS. The van der Waals surface area contributed by atoms with Crippen molar-refractivity contribution in [1.29, 1.82) is 5.26 Å². The summed E-state index contributed by atoms with van der Waals surface area (Å²) in [7, 11) is 0. The van der Waals surface area contributed by atoms with Crippen molar-refractivity contribution < 1.29 is 4.74 Å². The molecule has 0 atom stereocenters. The fourth-order valence-corrected chi connectivity index (χ4v) is 3.48. The molecule has 0 amide bonds. The van der Waals surface area contributed by atoms with Gasteiger partial charge in [-0.2, -0.15) is 5.26 Å². The van der Waals surface area contributed by atoms with Gasteiger partial charge in [-0.15, -0.1) is 10.2 Å². The van der Waals surface area contributed by atoms with Crippen molar-refractivity contribution in [3.05, 3.63) is 35.1 Å². The first-order valence-electron chi connectivity index (χ1n) is 8.02. The van der Waals surface area contributed by atoms with Gasteiger partial charge in [-0.1, -0.05) is 49.3 Å². The van der Waals surface area contributed by atoms with Crippen LogP contribution in [0, 0.1) is 11.3 Å². The third-order valence-corrected chi connectivity index (χ3v) is 4.94. The van der Waals surface area contributed by atoms with Crippen LogP contribution in [-0.4, -0.2) is 20.5 Å². The molecule has 0 N–H and O–H groups in total. The Balaban J connectivity index is 2.19. The van der Waals surface area contributed by atoms with E-state index >= 15 is 0 Å². The minimum Gasteiger partial charge on any atom is -0.484 e. The van der Waals surface area contributed by atoms with E-state index < -0.39 is 0 Å². The third kappa shape index (κ3) is 4.65. The van der Waals surface area contributed by atoms with E-state index in [1.54, 1.807) is 17.8 Å². The molecule has 5 nitrogen and oxygen atoms in total. The number of hydrogen-bond acceptors (Lipinski definition) is 5. The predicted octanol–water partition coefficient (Wildman–Crippen LogP) is 4.88. The lowest BCUT2D eigenvalue weighted by atomic mass is 10.2. The van der Waals surface area contributed by atoms with Crippen LogP contribution in [0.1, 0.15) is 45.0 Å². The Morgan fingerprint density at radius 2 is 2.04 bits per heavy atom. The molecule has 128 valence electrons. The number of benzene rings is 1. The summed E-state index contributed by atoms with van der Waals surface area (Å²) < 4.78 is 7.96. The molecule has 1 aromatic heterocycles. The molecule has 2 rings (SSSR count). The van der Waals surface area contributed by atoms with Gasteiger partial charge in [0.1, 0.15) is 12.4 Å². The fourth-order valence-electron chi connectivity index (χ4n) is 2.42. The summed E-state index contributed by atoms with van der Waals surface area (Å²) in [4.78, 5) is 0. The van der Waals surface area contributed by atoms with Gasteiger partial charge in [0, 0.05) is 18.2 Å². The number of aromatic nitrogens is 3. The molecule has 0 aliphatic heterocycles. The van der Waals surface area contributed by atoms with Crippen LogP contribution < -0.4 is 4.74 Å². The SMILES string of the molecule is CCC(CC)n1c(COc2ccccc2Cl)nnc1SCCC#N. The van der Waals surface area contributed by atoms with Crippen molar-refractivity contribution in [2.45, 2.75) is 50.9 Å². The van der Waals surface area contributed by atoms with Crippen LogP contribution in [0.25, 0.3) is 0 Å². The molecule has 0 spiro atoms. The van der Waals surface area contributed by atoms with Crippen molar-refractivity contribution in [1.82, 2.24) is 14.8 Å². The normalized spacial score (nSPS) is 10.8. The highest BCUT2D eigenvalue weighted by molar-refractivity contribution is 7.99. The van der Waals surface area contributed by atoms with Gasteiger partial charge >= 0.3 is 0 Å². The average Bonchev–Trinajstić information content (AvgIpc) is 2.99. The molecular weight excluding hydrogens is 344 g/mol. The number of nitrogens with zero attached hydrogens (tertiary/aromatic N) is 4. The number of nitriles is 1. The molecule has 0 saturated heterocycles. The average molecular weight is 365 g/mol. The Hall–Kier alpha value is -1.71. The minimum atomic E-state index is 0.312. The van der Waals surface area contributed by atoms with E-state index in [1.165, 1.54) is 0 Å². The van der Waals surface area contributed by atoms with Crippen LogP contribution in [0.2, 0.25) is 5.02 Å². The largest absolute Gasteiger partial charge is 0.484 e. The number of ether oxygens (including phenoxy) is 1. The molecule has 0 aliphatic carbocycles. The zero-order valence-electron chi connectivity index (χ0n) is 13.9. The smallest absolute Gasteiger partial charge is 0.191 e. The maximum atomic E-state index is 8.72. The van der Waals surface area contributed by atoms with Gasteiger partial charge < -0.3 is 9.30 Å². The number of hydrogen-bond donors (Lipinski definition) is 0. The van der Waals surface area contributed by atoms with Gasteiger partial charge in [0.2, 0.25) is 0 Å². The van der Waals surface area contributed by atoms with E-state index in [9.17, 15) is 0 Å². The van der Waals surface area contributed by atoms with E-state index in [0.717, 1.165) is 23.8 Å². The van der Waals surface area contributed by atoms with Crippen molar-refractivity contribution in [2.75, 3.05) is 5.75 Å². The van der Waals surface area contributed by atoms with Gasteiger partial charge in [-0.3, -0.25) is 0 Å². The predicted molar refractivity (Wildman–Crippen MR) is 96.4 cm³/mol. The molecule has 0 bridgehead atoms. The molecule has 1 heterocycles. The second-order valence-electron chi connectivity index (χ2n) is 5.21. The highest BCUT2D eigenvalue weighted by atomic mass is 35.5. The topological polar surface area (TPSA) is 63.7 Å². The van der Waals surface area contributed by atoms with Crippen molar-refractivity contribution in [3.63, 3.8) is 0 Å². The van der Waals surface area contributed by atoms with Gasteiger partial charge in [-0.25, -0.2) is 0 Å². The van der Waals surface area contributed by atoms with Crippen LogP contribution in [0.4, 0.5) is 0 Å². The van der Waals surface area contributed by atoms with Crippen molar-refractivity contribution in [3.8, 4) is 11.8 Å². The van der Waals surface area contributed by atoms with E-state index in [1.807, 2.05) is 18.2 Å². The summed E-state index contributed by atoms with van der Waals surface area (Å²) >= 11 is 7.70. The Kier molecular flexibility index (Phi) is 7.41. The quantitative estimate of drug-likeness (QED) is 0.468. The molecule has 0 unspecified atom stereocenters. The monoisotopic (exact) mass is 364 g/mol. The second kappa shape index (κ2) is 9.55. The molecule has 1 aromatic carbocycles. The zero-order valence-corrected chi connectivity index (χ0v) is 15.5. The van der Waals surface area contributed by atoms with Crippen molar-refractivity contribution >= 4 is 23.4 Å². The molecule has 0 radical (unpaired) electrons. The van der Waals surface area contributed by atoms with E-state index in [0.29, 0.717) is 35.6 Å². The Morgan fingerprint density at radius 1 is 1.29 bits per heavy atom. The second-order valence-corrected chi connectivity index (χ2v) is 6.68. The Bertz CT molecular complexity index is 694. The van der Waals surface area contributed by atoms with Gasteiger partial charge in [0.05, 0.1) is 11.1 Å². The molecule has 0 fully saturated rings. The number of thioether (sulfide) groups is 1. The first-order valence-corrected chi connectivity index (χ1v) is 9.38. The van der Waals surface area contributed by atoms with E-state index in [2.05, 4.69) is 34.7 Å². The van der Waals surface area contributed by atoms with E-state index in [4.69, 9.17) is 21.6 Å². The lowest BCUT2D eigenvalue weighted by molar-refractivity contribution is 0.278. The van der Waals surface area contributed by atoms with Gasteiger partial charge in [0.15, 0.2) is 11.0 Å². The summed E-state index contributed by atoms with van der Waals surface area (Å²) in [6.07, 6.45) is 2.46. The van der Waals surface area contributed by atoms with Crippen molar-refractivity contribution in [2.24, 2.45) is 0 Å². The highest BCUT2D eigenvalue weighted by Gasteiger charge is 2.19. The lowest BCUT2D eigenvalue weighted by Crippen LogP contribution is -2.14. The maximum Gasteiger partial charge on any atom is 0.191 e. The lowest BCUT2D eigenvalue weighted by Gasteiger charge is -2.19. The van der Waals surface area contributed by atoms with Crippen LogP contribution in [0.3, 0.4) is 0 Å². The minimum absolute atomic E-state index is 0.312. The first-order chi connectivity index (χ1) is 11.7. The molecule has 7 heteroatoms. The van der Waals surface area contributed by atoms with Crippen LogP contribution in [-0.2, 0) is 6.61 Å². The van der Waals surface area contributed by atoms with E-state index in [-0.39, 0.29) is 0 Å². The van der Waals surface area contributed by atoms with Crippen LogP contribution >= 0.6 is 23.4 Å². The molecule has 0 saturated carbocycles. The maximum absolute atomic E-state index is 8.72. The summed E-state index contributed by atoms with van der Waals surface area (Å²) in [6.45, 7) is 4.61. The molecule has 0 aliphatic rings. The van der Waals surface area contributed by atoms with Gasteiger partial charge in [-0.05, 0) is 25.0 Å². The Labute approximate surface area is 152 Å². The van der Waals surface area contributed by atoms with Gasteiger partial charge in [0.25, 0.3) is 0 Å². The van der Waals surface area contributed by atoms with Crippen LogP contribution in [0.15, 0.2) is 29.4 Å². The number of halogens is 1. The summed E-state index contributed by atoms with van der Waals surface area (Å²) in [5, 5.41) is 18.7. The standard InChI is InChI=1S/C17H21ClN4OS/c1-3-13(4-2)22-16(20-21-17(22)24-11-7-10-19)12-23-15-9-6-5-8-14(15)18/h5-6,8-9,13H,3-4,7,11-12H2,1-2H3. The fraction of sp³-hybridized carbons (Fsp3) is 0.471. The molecule has 24 heavy (non-hydrogen) atoms. The third-order valence-electron chi connectivity index (χ3n) is 3.68. The first kappa shape index (κ1) is 18.6. The summed E-state index contributed by atoms with van der Waals surface area (Å²) in [5.41, 5.74) is 0. The summed E-state index contributed by atoms with van der Waals surface area (Å²) in [6, 6.07) is 9.86. The summed E-state index contributed by atoms with van der Waals surface area (Å²) in [5.74, 6) is 2.13. The highest BCUT2D eigenvalue weighted by Crippen LogP contribution is 2.28. The number of rotatable bonds is 9. The number of para-hydroxylation sites is 1.